The third-order valence-corrected chi connectivity index (χ3v) is 4.63. The summed E-state index contributed by atoms with van der Waals surface area (Å²) in [6.07, 6.45) is 4.84. The van der Waals surface area contributed by atoms with E-state index in [0.717, 1.165) is 12.3 Å². The smallest absolute Gasteiger partial charge is 0.328 e. The molecule has 2 rings (SSSR count). The van der Waals surface area contributed by atoms with Gasteiger partial charge in [-0.15, -0.1) is 0 Å². The average molecular weight is 282 g/mol. The van der Waals surface area contributed by atoms with Crippen LogP contribution < -0.4 is 10.6 Å². The van der Waals surface area contributed by atoms with Crippen LogP contribution in [0.15, 0.2) is 0 Å². The summed E-state index contributed by atoms with van der Waals surface area (Å²) in [4.78, 5) is 23.9. The van der Waals surface area contributed by atoms with Crippen LogP contribution in [0.2, 0.25) is 0 Å². The number of hydrogen-bond donors (Lipinski definition) is 2. The Kier molecular flexibility index (Phi) is 4.25. The summed E-state index contributed by atoms with van der Waals surface area (Å²) in [5.74, 6) is 1.00. The van der Waals surface area contributed by atoms with Crippen LogP contribution in [0.3, 0.4) is 0 Å². The molecule has 0 spiro atoms. The molecule has 5 heteroatoms. The number of nitrogens with one attached hydrogen (secondary N) is 2. The molecule has 2 aliphatic carbocycles. The lowest BCUT2D eigenvalue weighted by molar-refractivity contribution is -0.145. The Morgan fingerprint density at radius 1 is 1.20 bits per heavy atom. The lowest BCUT2D eigenvalue weighted by Gasteiger charge is -2.30. The Balaban J connectivity index is 1.90. The van der Waals surface area contributed by atoms with Gasteiger partial charge in [0.25, 0.3) is 0 Å². The summed E-state index contributed by atoms with van der Waals surface area (Å²) in [7, 11) is 1.34. The zero-order valence-corrected chi connectivity index (χ0v) is 12.9. The quantitative estimate of drug-likeness (QED) is 0.779. The molecule has 114 valence electrons. The maximum absolute atomic E-state index is 12.1. The van der Waals surface area contributed by atoms with Gasteiger partial charge in [0.15, 0.2) is 0 Å². The van der Waals surface area contributed by atoms with E-state index >= 15 is 0 Å². The molecule has 0 heterocycles. The van der Waals surface area contributed by atoms with Crippen molar-refractivity contribution in [2.75, 3.05) is 7.11 Å². The van der Waals surface area contributed by atoms with Crippen molar-refractivity contribution in [3.05, 3.63) is 0 Å². The van der Waals surface area contributed by atoms with Crippen LogP contribution in [0.1, 0.15) is 46.5 Å². The number of amides is 2. The minimum atomic E-state index is -0.633. The molecule has 0 radical (unpaired) electrons. The monoisotopic (exact) mass is 282 g/mol. The van der Waals surface area contributed by atoms with Gasteiger partial charge in [-0.05, 0) is 36.5 Å². The first-order valence-corrected chi connectivity index (χ1v) is 7.46. The third-order valence-electron chi connectivity index (χ3n) is 4.63. The predicted molar refractivity (Wildman–Crippen MR) is 76.2 cm³/mol. The molecule has 0 aromatic rings. The van der Waals surface area contributed by atoms with E-state index in [9.17, 15) is 9.59 Å². The van der Waals surface area contributed by atoms with E-state index in [-0.39, 0.29) is 17.5 Å². The molecule has 5 nitrogen and oxygen atoms in total. The highest BCUT2D eigenvalue weighted by Crippen LogP contribution is 2.44. The number of fused-ring (bicyclic) bond motifs is 2. The molecule has 0 saturated heterocycles. The summed E-state index contributed by atoms with van der Waals surface area (Å²) in [5, 5.41) is 5.80. The van der Waals surface area contributed by atoms with E-state index in [2.05, 4.69) is 10.6 Å². The van der Waals surface area contributed by atoms with Crippen molar-refractivity contribution in [3.63, 3.8) is 0 Å². The highest BCUT2D eigenvalue weighted by molar-refractivity contribution is 5.84. The van der Waals surface area contributed by atoms with Crippen LogP contribution >= 0.6 is 0 Å². The first-order chi connectivity index (χ1) is 9.31. The lowest BCUT2D eigenvalue weighted by atomic mass is 9.87. The van der Waals surface area contributed by atoms with E-state index in [1.807, 2.05) is 20.8 Å². The Hall–Kier alpha value is -1.26. The predicted octanol–water partition coefficient (Wildman–Crippen LogP) is 2.06. The van der Waals surface area contributed by atoms with Crippen molar-refractivity contribution in [1.82, 2.24) is 10.6 Å². The van der Waals surface area contributed by atoms with Crippen molar-refractivity contribution in [3.8, 4) is 0 Å². The Labute approximate surface area is 120 Å². The van der Waals surface area contributed by atoms with E-state index in [1.54, 1.807) is 0 Å². The van der Waals surface area contributed by atoms with Gasteiger partial charge in [0.2, 0.25) is 0 Å². The first-order valence-electron chi connectivity index (χ1n) is 7.46. The maximum atomic E-state index is 12.1. The summed E-state index contributed by atoms with van der Waals surface area (Å²) in [6, 6.07) is -0.619. The number of carbonyl (C=O) groups excluding carboxylic acids is 2. The van der Waals surface area contributed by atoms with E-state index in [0.29, 0.717) is 5.92 Å². The second kappa shape index (κ2) is 5.62. The zero-order chi connectivity index (χ0) is 14.9. The van der Waals surface area contributed by atoms with E-state index in [1.165, 1.54) is 26.4 Å². The second-order valence-electron chi connectivity index (χ2n) is 7.22. The van der Waals surface area contributed by atoms with Crippen LogP contribution in [-0.2, 0) is 9.53 Å². The summed E-state index contributed by atoms with van der Waals surface area (Å²) < 4.78 is 4.78. The standard InChI is InChI=1S/C15H26N2O3/c1-15(2,3)12(13(18)20-4)17-14(19)16-11-8-9-5-6-10(11)7-9/h9-12H,5-8H2,1-4H3,(H2,16,17,19)/t9?,10?,11?,12-/m1/s1. The number of methoxy groups -OCH3 is 1. The number of esters is 1. The molecule has 0 aromatic carbocycles. The lowest BCUT2D eigenvalue weighted by Crippen LogP contribution is -2.54. The van der Waals surface area contributed by atoms with Gasteiger partial charge in [-0.25, -0.2) is 9.59 Å². The minimum Gasteiger partial charge on any atom is -0.467 e. The number of hydrogen-bond acceptors (Lipinski definition) is 3. The highest BCUT2D eigenvalue weighted by Gasteiger charge is 2.41. The van der Waals surface area contributed by atoms with Crippen molar-refractivity contribution < 1.29 is 14.3 Å². The minimum absolute atomic E-state index is 0.257. The summed E-state index contributed by atoms with van der Waals surface area (Å²) in [6.45, 7) is 5.73. The molecule has 0 aliphatic heterocycles. The molecule has 2 N–H and O–H groups in total. The van der Waals surface area contributed by atoms with Crippen LogP contribution in [0.4, 0.5) is 4.79 Å². The van der Waals surface area contributed by atoms with Crippen molar-refractivity contribution >= 4 is 12.0 Å². The summed E-state index contributed by atoms with van der Waals surface area (Å²) in [5.41, 5.74) is -0.376. The number of ether oxygens (including phenoxy) is 1. The first kappa shape index (κ1) is 15.1. The molecule has 0 aromatic heterocycles. The van der Waals surface area contributed by atoms with Crippen LogP contribution in [-0.4, -0.2) is 31.2 Å². The Morgan fingerprint density at radius 2 is 1.90 bits per heavy atom. The SMILES string of the molecule is COC(=O)[C@@H](NC(=O)NC1CC2CCC1C2)C(C)(C)C. The maximum Gasteiger partial charge on any atom is 0.328 e. The van der Waals surface area contributed by atoms with Gasteiger partial charge in [0, 0.05) is 6.04 Å². The van der Waals surface area contributed by atoms with Gasteiger partial charge in [-0.1, -0.05) is 27.2 Å². The zero-order valence-electron chi connectivity index (χ0n) is 12.9. The number of urea groups is 1. The van der Waals surface area contributed by atoms with Crippen LogP contribution in [0.5, 0.6) is 0 Å². The fraction of sp³-hybridized carbons (Fsp3) is 0.867. The van der Waals surface area contributed by atoms with Gasteiger partial charge < -0.3 is 15.4 Å². The molecular formula is C15H26N2O3. The largest absolute Gasteiger partial charge is 0.467 e. The normalized spacial score (nSPS) is 29.9. The van der Waals surface area contributed by atoms with E-state index < -0.39 is 12.0 Å². The van der Waals surface area contributed by atoms with Crippen LogP contribution in [0, 0.1) is 17.3 Å². The van der Waals surface area contributed by atoms with E-state index in [4.69, 9.17) is 4.74 Å². The molecule has 2 saturated carbocycles. The molecule has 4 atom stereocenters. The molecule has 2 fully saturated rings. The van der Waals surface area contributed by atoms with Gasteiger partial charge in [0.1, 0.15) is 6.04 Å². The van der Waals surface area contributed by atoms with Crippen molar-refractivity contribution in [2.45, 2.75) is 58.5 Å². The fourth-order valence-corrected chi connectivity index (χ4v) is 3.51. The molecule has 20 heavy (non-hydrogen) atoms. The van der Waals surface area contributed by atoms with Crippen molar-refractivity contribution in [1.29, 1.82) is 0 Å². The number of rotatable bonds is 3. The second-order valence-corrected chi connectivity index (χ2v) is 7.22. The topological polar surface area (TPSA) is 67.4 Å². The highest BCUT2D eigenvalue weighted by atomic mass is 16.5. The molecule has 2 bridgehead atoms. The van der Waals surface area contributed by atoms with Gasteiger partial charge in [-0.3, -0.25) is 0 Å². The Morgan fingerprint density at radius 3 is 2.35 bits per heavy atom. The molecule has 2 aliphatic rings. The third kappa shape index (κ3) is 3.25. The average Bonchev–Trinajstić information content (AvgIpc) is 2.95. The molecule has 3 unspecified atom stereocenters. The molecule has 2 amide bonds. The van der Waals surface area contributed by atoms with Crippen LogP contribution in [0.25, 0.3) is 0 Å². The Bertz CT molecular complexity index is 389. The number of carbonyl (C=O) groups is 2. The van der Waals surface area contributed by atoms with Gasteiger partial charge in [0.05, 0.1) is 7.11 Å². The molecular weight excluding hydrogens is 256 g/mol. The van der Waals surface area contributed by atoms with Crippen molar-refractivity contribution in [2.24, 2.45) is 17.3 Å². The fourth-order valence-electron chi connectivity index (χ4n) is 3.51. The van der Waals surface area contributed by atoms with Gasteiger partial charge >= 0.3 is 12.0 Å². The van der Waals surface area contributed by atoms with Gasteiger partial charge in [-0.2, -0.15) is 0 Å². The summed E-state index contributed by atoms with van der Waals surface area (Å²) >= 11 is 0.